The first-order chi connectivity index (χ1) is 10.9. The Bertz CT molecular complexity index is 769. The average Bonchev–Trinajstić information content (AvgIpc) is 2.98. The van der Waals surface area contributed by atoms with Crippen LogP contribution in [0, 0.1) is 17.0 Å². The Kier molecular flexibility index (Phi) is 5.51. The van der Waals surface area contributed by atoms with Gasteiger partial charge in [0.2, 0.25) is 5.78 Å². The molecular weight excluding hydrogens is 338 g/mol. The van der Waals surface area contributed by atoms with Gasteiger partial charge in [-0.15, -0.1) is 23.1 Å². The molecule has 0 N–H and O–H groups in total. The van der Waals surface area contributed by atoms with Gasteiger partial charge in [-0.2, -0.15) is 0 Å². The zero-order valence-electron chi connectivity index (χ0n) is 12.4. The van der Waals surface area contributed by atoms with Gasteiger partial charge >= 0.3 is 5.97 Å². The molecule has 0 aliphatic heterocycles. The number of benzene rings is 1. The predicted octanol–water partition coefficient (Wildman–Crippen LogP) is 3.73. The Labute approximate surface area is 140 Å². The summed E-state index contributed by atoms with van der Waals surface area (Å²) in [6.07, 6.45) is 1.71. The molecule has 0 saturated carbocycles. The lowest BCUT2D eigenvalue weighted by molar-refractivity contribution is -0.387. The highest BCUT2D eigenvalue weighted by Crippen LogP contribution is 2.28. The van der Waals surface area contributed by atoms with Crippen LogP contribution in [0.1, 0.15) is 24.9 Å². The van der Waals surface area contributed by atoms with Crippen molar-refractivity contribution in [3.63, 3.8) is 0 Å². The van der Waals surface area contributed by atoms with Gasteiger partial charge in [0.15, 0.2) is 6.61 Å². The molecule has 1 heterocycles. The third-order valence-corrected chi connectivity index (χ3v) is 4.79. The van der Waals surface area contributed by atoms with Crippen molar-refractivity contribution in [1.29, 1.82) is 0 Å². The second kappa shape index (κ2) is 7.38. The highest BCUT2D eigenvalue weighted by Gasteiger charge is 2.19. The van der Waals surface area contributed by atoms with Crippen molar-refractivity contribution < 1.29 is 19.2 Å². The van der Waals surface area contributed by atoms with E-state index in [1.807, 2.05) is 13.0 Å². The minimum Gasteiger partial charge on any atom is -0.454 e. The fourth-order valence-corrected chi connectivity index (χ4v) is 3.17. The molecule has 0 spiro atoms. The van der Waals surface area contributed by atoms with Crippen molar-refractivity contribution >= 4 is 40.5 Å². The van der Waals surface area contributed by atoms with Crippen molar-refractivity contribution in [3.8, 4) is 0 Å². The van der Waals surface area contributed by atoms with Crippen LogP contribution in [0.15, 0.2) is 35.2 Å². The quantitative estimate of drug-likeness (QED) is 0.259. The molecule has 23 heavy (non-hydrogen) atoms. The molecule has 2 rings (SSSR count). The molecule has 1 aromatic carbocycles. The van der Waals surface area contributed by atoms with Gasteiger partial charge in [-0.05, 0) is 37.4 Å². The molecule has 1 aromatic heterocycles. The van der Waals surface area contributed by atoms with Gasteiger partial charge in [-0.3, -0.25) is 14.9 Å². The number of nitrogens with zero attached hydrogens (tertiary/aromatic N) is 1. The Balaban J connectivity index is 2.07. The number of ether oxygens (including phenoxy) is 1. The van der Waals surface area contributed by atoms with E-state index in [0.717, 1.165) is 10.9 Å². The first kappa shape index (κ1) is 17.2. The third kappa shape index (κ3) is 4.17. The van der Waals surface area contributed by atoms with Crippen LogP contribution in [-0.4, -0.2) is 29.5 Å². The lowest BCUT2D eigenvalue weighted by Gasteiger charge is -2.05. The number of hydrogen-bond acceptors (Lipinski definition) is 7. The summed E-state index contributed by atoms with van der Waals surface area (Å²) in [6.45, 7) is 1.48. The number of carbonyl (C=O) groups is 2. The summed E-state index contributed by atoms with van der Waals surface area (Å²) in [4.78, 5) is 36.3. The normalized spacial score (nSPS) is 10.3. The van der Waals surface area contributed by atoms with Crippen molar-refractivity contribution in [3.05, 3.63) is 55.8 Å². The van der Waals surface area contributed by atoms with Crippen molar-refractivity contribution in [2.45, 2.75) is 11.8 Å². The van der Waals surface area contributed by atoms with Gasteiger partial charge in [0, 0.05) is 10.9 Å². The van der Waals surface area contributed by atoms with E-state index in [4.69, 9.17) is 4.74 Å². The van der Waals surface area contributed by atoms with Crippen LogP contribution < -0.4 is 0 Å². The van der Waals surface area contributed by atoms with Gasteiger partial charge in [-0.25, -0.2) is 4.79 Å². The molecule has 8 heteroatoms. The lowest BCUT2D eigenvalue weighted by Crippen LogP contribution is -2.13. The van der Waals surface area contributed by atoms with E-state index in [-0.39, 0.29) is 17.0 Å². The molecule has 0 atom stereocenters. The highest BCUT2D eigenvalue weighted by molar-refractivity contribution is 7.98. The summed E-state index contributed by atoms with van der Waals surface area (Å²) in [5.41, 5.74) is -0.114. The molecule has 0 bridgehead atoms. The number of rotatable bonds is 6. The summed E-state index contributed by atoms with van der Waals surface area (Å²) in [7, 11) is 0. The van der Waals surface area contributed by atoms with E-state index in [2.05, 4.69) is 0 Å². The second-order valence-corrected chi connectivity index (χ2v) is 6.69. The number of thiophene rings is 1. The van der Waals surface area contributed by atoms with Gasteiger partial charge in [-0.1, -0.05) is 0 Å². The summed E-state index contributed by atoms with van der Waals surface area (Å²) >= 11 is 2.54. The van der Waals surface area contributed by atoms with E-state index in [1.54, 1.807) is 12.3 Å². The summed E-state index contributed by atoms with van der Waals surface area (Å²) < 4.78 is 4.95. The lowest BCUT2D eigenvalue weighted by atomic mass is 10.2. The molecule has 0 aliphatic carbocycles. The minimum atomic E-state index is -0.762. The van der Waals surface area contributed by atoms with Gasteiger partial charge in [0.25, 0.3) is 5.69 Å². The smallest absolute Gasteiger partial charge is 0.338 e. The zero-order chi connectivity index (χ0) is 17.0. The van der Waals surface area contributed by atoms with Crippen LogP contribution in [0.25, 0.3) is 0 Å². The minimum absolute atomic E-state index is 0.0460. The number of aryl methyl sites for hydroxylation is 1. The molecule has 6 nitrogen and oxygen atoms in total. The van der Waals surface area contributed by atoms with Gasteiger partial charge in [0.05, 0.1) is 20.3 Å². The van der Waals surface area contributed by atoms with Crippen LogP contribution in [0.5, 0.6) is 0 Å². The van der Waals surface area contributed by atoms with Crippen molar-refractivity contribution in [2.24, 2.45) is 0 Å². The van der Waals surface area contributed by atoms with Crippen LogP contribution in [0.2, 0.25) is 0 Å². The molecular formula is C15H13NO5S2. The number of Topliss-reactive ketones (excluding diaryl/α,β-unsaturated/α-hetero) is 1. The number of thioether (sulfide) groups is 1. The fourth-order valence-electron chi connectivity index (χ4n) is 1.83. The topological polar surface area (TPSA) is 86.5 Å². The maximum absolute atomic E-state index is 12.0. The van der Waals surface area contributed by atoms with Gasteiger partial charge in [0.1, 0.15) is 0 Å². The zero-order valence-corrected chi connectivity index (χ0v) is 14.0. The molecule has 0 saturated heterocycles. The van der Waals surface area contributed by atoms with Crippen LogP contribution in [0.4, 0.5) is 5.69 Å². The second-order valence-electron chi connectivity index (χ2n) is 4.55. The van der Waals surface area contributed by atoms with E-state index in [9.17, 15) is 19.7 Å². The molecule has 0 aliphatic rings. The largest absolute Gasteiger partial charge is 0.454 e. The number of esters is 1. The van der Waals surface area contributed by atoms with Crippen molar-refractivity contribution in [2.75, 3.05) is 12.9 Å². The first-order valence-electron chi connectivity index (χ1n) is 6.51. The van der Waals surface area contributed by atoms with Crippen LogP contribution >= 0.6 is 23.1 Å². The monoisotopic (exact) mass is 351 g/mol. The van der Waals surface area contributed by atoms with Crippen molar-refractivity contribution in [1.82, 2.24) is 0 Å². The fraction of sp³-hybridized carbons (Fsp3) is 0.200. The van der Waals surface area contributed by atoms with Crippen LogP contribution in [-0.2, 0) is 4.74 Å². The average molecular weight is 351 g/mol. The maximum Gasteiger partial charge on any atom is 0.338 e. The molecule has 0 unspecified atom stereocenters. The third-order valence-electron chi connectivity index (χ3n) is 2.96. The standard InChI is InChI=1S/C15H13NO5S2/c1-9-3-5-14(23-9)12(17)8-21-15(18)10-4-6-13(22-2)11(7-10)16(19)20/h3-7H,8H2,1-2H3. The predicted molar refractivity (Wildman–Crippen MR) is 88.5 cm³/mol. The highest BCUT2D eigenvalue weighted by atomic mass is 32.2. The summed E-state index contributed by atoms with van der Waals surface area (Å²) in [5.74, 6) is -1.06. The Morgan fingerprint density at radius 2 is 2.04 bits per heavy atom. The SMILES string of the molecule is CSc1ccc(C(=O)OCC(=O)c2ccc(C)s2)cc1[N+](=O)[O-]. The molecule has 0 radical (unpaired) electrons. The number of carbonyl (C=O) groups excluding carboxylic acids is 2. The molecule has 2 aromatic rings. The van der Waals surface area contributed by atoms with E-state index in [1.165, 1.54) is 35.2 Å². The Morgan fingerprint density at radius 3 is 2.61 bits per heavy atom. The number of nitro groups is 1. The summed E-state index contributed by atoms with van der Waals surface area (Å²) in [6, 6.07) is 7.58. The summed E-state index contributed by atoms with van der Waals surface area (Å²) in [5, 5.41) is 11.0. The Morgan fingerprint density at radius 1 is 1.30 bits per heavy atom. The number of ketones is 1. The Hall–Kier alpha value is -2.19. The maximum atomic E-state index is 12.0. The van der Waals surface area contributed by atoms with Gasteiger partial charge < -0.3 is 4.74 Å². The van der Waals surface area contributed by atoms with E-state index >= 15 is 0 Å². The first-order valence-corrected chi connectivity index (χ1v) is 8.55. The molecule has 0 fully saturated rings. The number of hydrogen-bond donors (Lipinski definition) is 0. The van der Waals surface area contributed by atoms with E-state index in [0.29, 0.717) is 9.77 Å². The molecule has 0 amide bonds. The van der Waals surface area contributed by atoms with Crippen LogP contribution in [0.3, 0.4) is 0 Å². The molecule has 120 valence electrons. The van der Waals surface area contributed by atoms with E-state index < -0.39 is 17.5 Å². The number of nitro benzene ring substituents is 1.